The van der Waals surface area contributed by atoms with Crippen LogP contribution in [0, 0.1) is 0 Å². The number of hydrogen-bond donors (Lipinski definition) is 3. The molecule has 0 spiro atoms. The van der Waals surface area contributed by atoms with E-state index in [0.717, 1.165) is 0 Å². The van der Waals surface area contributed by atoms with E-state index in [1.807, 2.05) is 0 Å². The van der Waals surface area contributed by atoms with Gasteiger partial charge in [-0.2, -0.15) is 5.10 Å². The van der Waals surface area contributed by atoms with Gasteiger partial charge >= 0.3 is 6.09 Å². The van der Waals surface area contributed by atoms with Gasteiger partial charge in [0.2, 0.25) is 0 Å². The Morgan fingerprint density at radius 1 is 1.25 bits per heavy atom. The number of hydrogen-bond acceptors (Lipinski definition) is 8. The average molecular weight is 459 g/mol. The molecule has 0 unspecified atom stereocenters. The number of sulfonamides is 1. The third-order valence-corrected chi connectivity index (χ3v) is 6.07. The summed E-state index contributed by atoms with van der Waals surface area (Å²) in [5.74, 6) is -0.554. The summed E-state index contributed by atoms with van der Waals surface area (Å²) in [6.07, 6.45) is 4.50. The molecule has 0 aliphatic carbocycles. The molecule has 0 atom stereocenters. The van der Waals surface area contributed by atoms with E-state index in [9.17, 15) is 23.1 Å². The van der Waals surface area contributed by atoms with Crippen molar-refractivity contribution in [1.82, 2.24) is 24.1 Å². The number of amides is 2. The fraction of sp³-hybridized carbons (Fsp3) is 0.211. The maximum Gasteiger partial charge on any atom is 0.421 e. The highest BCUT2D eigenvalue weighted by atomic mass is 32.2. The fourth-order valence-electron chi connectivity index (χ4n) is 2.87. The quantitative estimate of drug-likeness (QED) is 0.452. The van der Waals surface area contributed by atoms with Crippen molar-refractivity contribution in [1.29, 1.82) is 0 Å². The minimum Gasteiger partial charge on any atom is -0.464 e. The zero-order valence-electron chi connectivity index (χ0n) is 17.0. The number of carboxylic acid groups (broad SMARTS) is 1. The van der Waals surface area contributed by atoms with E-state index in [4.69, 9.17) is 5.73 Å². The molecule has 168 valence electrons. The Kier molecular flexibility index (Phi) is 6.68. The van der Waals surface area contributed by atoms with Crippen LogP contribution in [0.2, 0.25) is 0 Å². The molecule has 2 heterocycles. The van der Waals surface area contributed by atoms with Crippen LogP contribution in [-0.2, 0) is 16.6 Å². The molecule has 1 aromatic carbocycles. The van der Waals surface area contributed by atoms with Crippen molar-refractivity contribution in [3.63, 3.8) is 0 Å². The van der Waals surface area contributed by atoms with Gasteiger partial charge in [0.05, 0.1) is 23.3 Å². The molecule has 4 N–H and O–H groups in total. The SMILES string of the molecule is CCCN(C(=O)O)S(=O)(=O)c1cccc(Cn2cc(NC(=O)c3nccnc3N)cn2)c1. The van der Waals surface area contributed by atoms with Crippen molar-refractivity contribution < 1.29 is 23.1 Å². The first kappa shape index (κ1) is 22.7. The fourth-order valence-corrected chi connectivity index (χ4v) is 4.30. The summed E-state index contributed by atoms with van der Waals surface area (Å²) in [4.78, 5) is 31.2. The van der Waals surface area contributed by atoms with Crippen LogP contribution >= 0.6 is 0 Å². The first-order chi connectivity index (χ1) is 15.2. The molecule has 3 aromatic rings. The number of anilines is 2. The van der Waals surface area contributed by atoms with Crippen LogP contribution in [0.3, 0.4) is 0 Å². The van der Waals surface area contributed by atoms with Crippen molar-refractivity contribution in [2.45, 2.75) is 24.8 Å². The van der Waals surface area contributed by atoms with Crippen LogP contribution in [0.15, 0.2) is 53.9 Å². The number of aromatic nitrogens is 4. The highest BCUT2D eigenvalue weighted by Gasteiger charge is 2.28. The van der Waals surface area contributed by atoms with Crippen LogP contribution in [0.25, 0.3) is 0 Å². The van der Waals surface area contributed by atoms with E-state index in [-0.39, 0.29) is 29.5 Å². The van der Waals surface area contributed by atoms with Gasteiger partial charge in [0.15, 0.2) is 11.5 Å². The smallest absolute Gasteiger partial charge is 0.421 e. The lowest BCUT2D eigenvalue weighted by molar-refractivity contribution is 0.102. The Labute approximate surface area is 183 Å². The van der Waals surface area contributed by atoms with Gasteiger partial charge in [0, 0.05) is 25.1 Å². The molecule has 0 bridgehead atoms. The van der Waals surface area contributed by atoms with E-state index < -0.39 is 22.0 Å². The monoisotopic (exact) mass is 459 g/mol. The van der Waals surface area contributed by atoms with E-state index in [1.165, 1.54) is 41.5 Å². The molecule has 12 nitrogen and oxygen atoms in total. The second-order valence-electron chi connectivity index (χ2n) is 6.68. The van der Waals surface area contributed by atoms with Gasteiger partial charge in [-0.05, 0) is 24.1 Å². The van der Waals surface area contributed by atoms with Crippen LogP contribution in [0.4, 0.5) is 16.3 Å². The summed E-state index contributed by atoms with van der Waals surface area (Å²) < 4.78 is 27.3. The maximum atomic E-state index is 12.7. The largest absolute Gasteiger partial charge is 0.464 e. The van der Waals surface area contributed by atoms with Crippen molar-refractivity contribution >= 4 is 33.5 Å². The summed E-state index contributed by atoms with van der Waals surface area (Å²) in [6, 6.07) is 5.94. The van der Waals surface area contributed by atoms with Crippen LogP contribution in [-0.4, -0.2) is 56.1 Å². The lowest BCUT2D eigenvalue weighted by Crippen LogP contribution is -2.36. The Bertz CT molecular complexity index is 1240. The lowest BCUT2D eigenvalue weighted by atomic mass is 10.2. The van der Waals surface area contributed by atoms with Gasteiger partial charge in [0.1, 0.15) is 0 Å². The number of nitrogens with one attached hydrogen (secondary N) is 1. The molecular formula is C19H21N7O5S. The van der Waals surface area contributed by atoms with Crippen molar-refractivity contribution in [2.24, 2.45) is 0 Å². The lowest BCUT2D eigenvalue weighted by Gasteiger charge is -2.18. The van der Waals surface area contributed by atoms with Crippen molar-refractivity contribution in [2.75, 3.05) is 17.6 Å². The Balaban J connectivity index is 1.75. The normalized spacial score (nSPS) is 11.2. The number of rotatable bonds is 8. The molecule has 0 saturated heterocycles. The second-order valence-corrected chi connectivity index (χ2v) is 8.54. The van der Waals surface area contributed by atoms with Gasteiger partial charge in [-0.15, -0.1) is 0 Å². The van der Waals surface area contributed by atoms with Crippen LogP contribution in [0.1, 0.15) is 29.4 Å². The molecule has 0 aliphatic rings. The summed E-state index contributed by atoms with van der Waals surface area (Å²) in [5.41, 5.74) is 6.58. The topological polar surface area (TPSA) is 173 Å². The molecule has 0 radical (unpaired) electrons. The maximum absolute atomic E-state index is 12.7. The van der Waals surface area contributed by atoms with Gasteiger partial charge in [0.25, 0.3) is 15.9 Å². The number of nitrogens with zero attached hydrogens (tertiary/aromatic N) is 5. The van der Waals surface area contributed by atoms with E-state index in [1.54, 1.807) is 19.2 Å². The number of carbonyl (C=O) groups excluding carboxylic acids is 1. The highest BCUT2D eigenvalue weighted by molar-refractivity contribution is 7.89. The first-order valence-corrected chi connectivity index (χ1v) is 10.9. The zero-order valence-corrected chi connectivity index (χ0v) is 17.9. The van der Waals surface area contributed by atoms with Gasteiger partial charge in [-0.3, -0.25) is 9.48 Å². The molecule has 32 heavy (non-hydrogen) atoms. The minimum atomic E-state index is -4.20. The van der Waals surface area contributed by atoms with E-state index >= 15 is 0 Å². The summed E-state index contributed by atoms with van der Waals surface area (Å²) in [5, 5.41) is 16.0. The van der Waals surface area contributed by atoms with Crippen molar-refractivity contribution in [3.8, 4) is 0 Å². The highest BCUT2D eigenvalue weighted by Crippen LogP contribution is 2.19. The Morgan fingerprint density at radius 2 is 2.00 bits per heavy atom. The van der Waals surface area contributed by atoms with Gasteiger partial charge in [-0.1, -0.05) is 19.1 Å². The molecule has 0 saturated carbocycles. The summed E-state index contributed by atoms with van der Waals surface area (Å²) in [7, 11) is -4.20. The molecule has 0 fully saturated rings. The van der Waals surface area contributed by atoms with Crippen LogP contribution in [0.5, 0.6) is 0 Å². The molecule has 2 aromatic heterocycles. The van der Waals surface area contributed by atoms with Crippen molar-refractivity contribution in [3.05, 3.63) is 60.3 Å². The number of nitrogen functional groups attached to an aromatic ring is 1. The number of benzene rings is 1. The first-order valence-electron chi connectivity index (χ1n) is 9.47. The van der Waals surface area contributed by atoms with Gasteiger partial charge in [-0.25, -0.2) is 27.5 Å². The Morgan fingerprint density at radius 3 is 2.69 bits per heavy atom. The minimum absolute atomic E-state index is 0.00565. The molecule has 3 rings (SSSR count). The van der Waals surface area contributed by atoms with Crippen LogP contribution < -0.4 is 11.1 Å². The molecular weight excluding hydrogens is 438 g/mol. The molecule has 2 amide bonds. The Hall–Kier alpha value is -4.00. The summed E-state index contributed by atoms with van der Waals surface area (Å²) in [6.45, 7) is 1.74. The third-order valence-electron chi connectivity index (χ3n) is 4.30. The van der Waals surface area contributed by atoms with Gasteiger partial charge < -0.3 is 16.2 Å². The number of nitrogens with two attached hydrogens (primary N) is 1. The standard InChI is InChI=1S/C19H21N7O5S/c1-2-8-26(19(28)29)32(30,31)15-5-3-4-13(9-15)11-25-12-14(10-23-25)24-18(27)16-17(20)22-7-6-21-16/h3-7,9-10,12H,2,8,11H2,1H3,(H2,20,22)(H,24,27)(H,28,29). The second kappa shape index (κ2) is 9.43. The van der Waals surface area contributed by atoms with E-state index in [2.05, 4.69) is 20.4 Å². The van der Waals surface area contributed by atoms with E-state index in [0.29, 0.717) is 22.0 Å². The zero-order chi connectivity index (χ0) is 23.3. The number of carbonyl (C=O) groups is 2. The predicted molar refractivity (Wildman–Crippen MR) is 114 cm³/mol. The third kappa shape index (κ3) is 5.00. The molecule has 0 aliphatic heterocycles. The summed E-state index contributed by atoms with van der Waals surface area (Å²) >= 11 is 0. The predicted octanol–water partition coefficient (Wildman–Crippen LogP) is 1.63. The molecule has 13 heteroatoms. The average Bonchev–Trinajstić information content (AvgIpc) is 3.18.